The molecule has 0 radical (unpaired) electrons. The summed E-state index contributed by atoms with van der Waals surface area (Å²) in [6.45, 7) is 0. The fourth-order valence-electron chi connectivity index (χ4n) is 1.75. The first kappa shape index (κ1) is 16.5. The molecule has 8 heteroatoms. The summed E-state index contributed by atoms with van der Waals surface area (Å²) in [5.41, 5.74) is 0. The van der Waals surface area contributed by atoms with Gasteiger partial charge in [-0.05, 0) is 0 Å². The van der Waals surface area contributed by atoms with Gasteiger partial charge in [-0.3, -0.25) is 0 Å². The monoisotopic (exact) mass is 315 g/mol. The molecular formula is C7H18Cl4N3P. The first-order chi connectivity index (χ1) is 6.41. The number of hydrogen-bond acceptors (Lipinski definition) is 3. The predicted molar refractivity (Wildman–Crippen MR) is 74.1 cm³/mol. The molecule has 94 valence electrons. The van der Waals surface area contributed by atoms with E-state index >= 15 is 0 Å². The van der Waals surface area contributed by atoms with Gasteiger partial charge in [-0.2, -0.15) is 0 Å². The zero-order valence-corrected chi connectivity index (χ0v) is 13.7. The molecule has 0 N–H and O–H groups in total. The molecule has 0 aromatic heterocycles. The summed E-state index contributed by atoms with van der Waals surface area (Å²) < 4.78 is 3.78. The van der Waals surface area contributed by atoms with Crippen LogP contribution in [-0.2, 0) is 0 Å². The van der Waals surface area contributed by atoms with Crippen LogP contribution >= 0.6 is 52.5 Å². The summed E-state index contributed by atoms with van der Waals surface area (Å²) in [7, 11) is 10.9. The zero-order chi connectivity index (χ0) is 12.7. The van der Waals surface area contributed by atoms with Crippen molar-refractivity contribution in [2.24, 2.45) is 0 Å². The maximum absolute atomic E-state index is 6.79. The third kappa shape index (κ3) is 2.00. The Kier molecular flexibility index (Phi) is 5.08. The molecule has 15 heavy (non-hydrogen) atoms. The Morgan fingerprint density at radius 2 is 0.933 bits per heavy atom. The van der Waals surface area contributed by atoms with Crippen LogP contribution in [0.3, 0.4) is 0 Å². The second-order valence-electron chi connectivity index (χ2n) is 3.89. The van der Waals surface area contributed by atoms with Crippen molar-refractivity contribution in [1.29, 1.82) is 0 Å². The summed E-state index contributed by atoms with van der Waals surface area (Å²) in [6.07, 6.45) is -3.45. The van der Waals surface area contributed by atoms with Crippen LogP contribution in [0.5, 0.6) is 0 Å². The number of halogens is 4. The normalized spacial score (nSPS) is 17.3. The number of alkyl halides is 3. The molecule has 0 saturated carbocycles. The van der Waals surface area contributed by atoms with Crippen LogP contribution in [-0.4, -0.2) is 59.8 Å². The Labute approximate surface area is 112 Å². The van der Waals surface area contributed by atoms with Crippen molar-refractivity contribution < 1.29 is 0 Å². The van der Waals surface area contributed by atoms with Crippen LogP contribution in [0.2, 0.25) is 0 Å². The Hall–Kier alpha value is 1.47. The van der Waals surface area contributed by atoms with Crippen molar-refractivity contribution >= 4 is 52.5 Å². The molecule has 0 heterocycles. The van der Waals surface area contributed by atoms with Crippen molar-refractivity contribution in [1.82, 2.24) is 14.0 Å². The molecule has 0 aromatic rings. The third-order valence-electron chi connectivity index (χ3n) is 2.56. The van der Waals surface area contributed by atoms with Crippen LogP contribution in [0, 0.1) is 0 Å². The Morgan fingerprint density at radius 3 is 0.933 bits per heavy atom. The van der Waals surface area contributed by atoms with Gasteiger partial charge in [0.1, 0.15) is 0 Å². The molecule has 0 unspecified atom stereocenters. The molecule has 0 rings (SSSR count). The van der Waals surface area contributed by atoms with Crippen molar-refractivity contribution in [3.63, 3.8) is 0 Å². The van der Waals surface area contributed by atoms with E-state index in [0.717, 1.165) is 0 Å². The molecule has 0 spiro atoms. The number of rotatable bonds is 3. The van der Waals surface area contributed by atoms with Gasteiger partial charge >= 0.3 is 112 Å². The van der Waals surface area contributed by atoms with Gasteiger partial charge in [-0.15, -0.1) is 0 Å². The molecule has 0 amide bonds. The van der Waals surface area contributed by atoms with Crippen molar-refractivity contribution in [2.45, 2.75) is 3.53 Å². The van der Waals surface area contributed by atoms with Gasteiger partial charge < -0.3 is 0 Å². The third-order valence-corrected chi connectivity index (χ3v) is 14.8. The van der Waals surface area contributed by atoms with Gasteiger partial charge in [0.15, 0.2) is 0 Å². The molecule has 0 saturated heterocycles. The van der Waals surface area contributed by atoms with Crippen molar-refractivity contribution in [2.75, 3.05) is 42.3 Å². The van der Waals surface area contributed by atoms with Gasteiger partial charge in [0.05, 0.1) is 0 Å². The topological polar surface area (TPSA) is 9.72 Å². The van der Waals surface area contributed by atoms with E-state index in [2.05, 4.69) is 0 Å². The molecule has 0 aliphatic heterocycles. The SMILES string of the molecule is CN(C)P(Cl)(N(C)C)(N(C)C)C(Cl)(Cl)Cl. The first-order valence-electron chi connectivity index (χ1n) is 4.24. The van der Waals surface area contributed by atoms with Crippen LogP contribution in [0.1, 0.15) is 0 Å². The Bertz CT molecular complexity index is 214. The van der Waals surface area contributed by atoms with E-state index in [1.54, 1.807) is 14.0 Å². The van der Waals surface area contributed by atoms with Crippen LogP contribution < -0.4 is 0 Å². The fraction of sp³-hybridized carbons (Fsp3) is 1.00. The van der Waals surface area contributed by atoms with E-state index in [1.165, 1.54) is 0 Å². The molecule has 0 aliphatic rings. The maximum atomic E-state index is 6.79. The fourth-order valence-corrected chi connectivity index (χ4v) is 9.34. The van der Waals surface area contributed by atoms with Gasteiger partial charge in [0, 0.05) is 0 Å². The quantitative estimate of drug-likeness (QED) is 0.583. The average Bonchev–Trinajstić information content (AvgIpc) is 1.98. The minimum absolute atomic E-state index is 1.59. The second-order valence-corrected chi connectivity index (χ2v) is 13.7. The standard InChI is InChI=1S/C7H18Cl4N3P/c1-12(2)15(11,13(3)4,14(5)6)7(8,9)10/h1-6H3. The first-order valence-corrected chi connectivity index (χ1v) is 8.38. The molecule has 0 atom stereocenters. The van der Waals surface area contributed by atoms with Crippen LogP contribution in [0.15, 0.2) is 0 Å². The molecule has 0 bridgehead atoms. The van der Waals surface area contributed by atoms with E-state index in [-0.39, 0.29) is 0 Å². The van der Waals surface area contributed by atoms with Crippen LogP contribution in [0.4, 0.5) is 0 Å². The summed E-state index contributed by atoms with van der Waals surface area (Å²) in [5, 5.41) is 0. The second kappa shape index (κ2) is 4.62. The van der Waals surface area contributed by atoms with E-state index < -0.39 is 9.94 Å². The summed E-state index contributed by atoms with van der Waals surface area (Å²) in [6, 6.07) is 0. The molecule has 3 nitrogen and oxygen atoms in total. The van der Waals surface area contributed by atoms with Gasteiger partial charge in [0.2, 0.25) is 0 Å². The number of nitrogens with zero attached hydrogens (tertiary/aromatic N) is 3. The molecule has 0 aliphatic carbocycles. The van der Waals surface area contributed by atoms with Crippen molar-refractivity contribution in [3.8, 4) is 0 Å². The van der Waals surface area contributed by atoms with Gasteiger partial charge in [0.25, 0.3) is 0 Å². The van der Waals surface area contributed by atoms with E-state index in [4.69, 9.17) is 46.0 Å². The summed E-state index contributed by atoms with van der Waals surface area (Å²) in [5.74, 6) is 0. The van der Waals surface area contributed by atoms with E-state index in [1.807, 2.05) is 42.3 Å². The zero-order valence-electron chi connectivity index (χ0n) is 9.80. The van der Waals surface area contributed by atoms with Crippen molar-refractivity contribution in [3.05, 3.63) is 0 Å². The summed E-state index contributed by atoms with van der Waals surface area (Å²) >= 11 is 25.1. The Balaban J connectivity index is 5.95. The average molecular weight is 317 g/mol. The van der Waals surface area contributed by atoms with E-state index in [9.17, 15) is 0 Å². The molecule has 0 aromatic carbocycles. The predicted octanol–water partition coefficient (Wildman–Crippen LogP) is 3.45. The van der Waals surface area contributed by atoms with Gasteiger partial charge in [-0.25, -0.2) is 0 Å². The molecule has 0 fully saturated rings. The minimum atomic E-state index is -3.45. The van der Waals surface area contributed by atoms with Crippen LogP contribution in [0.25, 0.3) is 0 Å². The van der Waals surface area contributed by atoms with Gasteiger partial charge in [-0.1, -0.05) is 0 Å². The summed E-state index contributed by atoms with van der Waals surface area (Å²) in [4.78, 5) is 0. The molecular weight excluding hydrogens is 299 g/mol. The van der Waals surface area contributed by atoms with E-state index in [0.29, 0.717) is 0 Å². The Morgan fingerprint density at radius 1 is 0.733 bits per heavy atom. The number of hydrogen-bond donors (Lipinski definition) is 0.